The van der Waals surface area contributed by atoms with Crippen molar-refractivity contribution in [2.45, 2.75) is 12.4 Å². The van der Waals surface area contributed by atoms with E-state index in [1.165, 1.54) is 7.05 Å². The molecule has 0 unspecified atom stereocenters. The SMILES string of the molecule is CN(C=O)c1ccc(C(=O)C(C(F)(F)F)C(F)(F)F)cc1. The summed E-state index contributed by atoms with van der Waals surface area (Å²) in [7, 11) is 1.33. The Hall–Kier alpha value is -2.06. The molecule has 1 rings (SSSR count). The van der Waals surface area contributed by atoms with Gasteiger partial charge in [-0.3, -0.25) is 9.59 Å². The van der Waals surface area contributed by atoms with Gasteiger partial charge in [-0.1, -0.05) is 0 Å². The van der Waals surface area contributed by atoms with Crippen LogP contribution < -0.4 is 4.90 Å². The molecule has 1 aromatic rings. The van der Waals surface area contributed by atoms with Crippen molar-refractivity contribution >= 4 is 17.9 Å². The molecule has 0 bridgehead atoms. The summed E-state index contributed by atoms with van der Waals surface area (Å²) in [6, 6.07) is 3.77. The van der Waals surface area contributed by atoms with Crippen LogP contribution in [0.25, 0.3) is 0 Å². The first-order valence-electron chi connectivity index (χ1n) is 5.44. The van der Waals surface area contributed by atoms with Crippen molar-refractivity contribution in [2.75, 3.05) is 11.9 Å². The monoisotopic (exact) mass is 313 g/mol. The molecule has 1 amide bonds. The highest BCUT2D eigenvalue weighted by molar-refractivity contribution is 5.99. The Bertz CT molecular complexity index is 506. The molecule has 9 heteroatoms. The molecule has 0 aromatic heterocycles. The van der Waals surface area contributed by atoms with E-state index in [4.69, 9.17) is 0 Å². The Labute approximate surface area is 115 Å². The number of ketones is 1. The number of hydrogen-bond acceptors (Lipinski definition) is 2. The lowest BCUT2D eigenvalue weighted by Crippen LogP contribution is -2.42. The lowest BCUT2D eigenvalue weighted by atomic mass is 9.96. The minimum absolute atomic E-state index is 0.220. The molecule has 21 heavy (non-hydrogen) atoms. The fourth-order valence-electron chi connectivity index (χ4n) is 1.57. The first-order chi connectivity index (χ1) is 9.48. The number of anilines is 1. The van der Waals surface area contributed by atoms with Crippen LogP contribution in [0.4, 0.5) is 32.0 Å². The van der Waals surface area contributed by atoms with Gasteiger partial charge in [-0.05, 0) is 24.3 Å². The van der Waals surface area contributed by atoms with E-state index in [9.17, 15) is 35.9 Å². The standard InChI is InChI=1S/C12H9F6NO2/c1-19(6-20)8-4-2-7(3-5-8)9(21)10(11(13,14)15)12(16,17)18/h2-6,10H,1H3. The van der Waals surface area contributed by atoms with E-state index in [2.05, 4.69) is 0 Å². The van der Waals surface area contributed by atoms with Gasteiger partial charge in [-0.25, -0.2) is 0 Å². The average Bonchev–Trinajstić information content (AvgIpc) is 2.34. The van der Waals surface area contributed by atoms with Gasteiger partial charge in [0.15, 0.2) is 5.78 Å². The Morgan fingerprint density at radius 2 is 1.48 bits per heavy atom. The number of halogens is 6. The van der Waals surface area contributed by atoms with Gasteiger partial charge in [-0.15, -0.1) is 0 Å². The number of carbonyl (C=O) groups excluding carboxylic acids is 2. The topological polar surface area (TPSA) is 37.4 Å². The fourth-order valence-corrected chi connectivity index (χ4v) is 1.57. The summed E-state index contributed by atoms with van der Waals surface area (Å²) in [5, 5.41) is 0. The second-order valence-electron chi connectivity index (χ2n) is 4.14. The summed E-state index contributed by atoms with van der Waals surface area (Å²) in [6.07, 6.45) is -11.1. The maximum Gasteiger partial charge on any atom is 0.407 e. The smallest absolute Gasteiger partial charge is 0.318 e. The first-order valence-corrected chi connectivity index (χ1v) is 5.44. The summed E-state index contributed by atoms with van der Waals surface area (Å²) in [4.78, 5) is 23.0. The van der Waals surface area contributed by atoms with Crippen LogP contribution in [0.15, 0.2) is 24.3 Å². The Morgan fingerprint density at radius 1 is 1.05 bits per heavy atom. The van der Waals surface area contributed by atoms with Crippen LogP contribution in [0.1, 0.15) is 10.4 Å². The highest BCUT2D eigenvalue weighted by Crippen LogP contribution is 2.41. The van der Waals surface area contributed by atoms with Crippen molar-refractivity contribution < 1.29 is 35.9 Å². The predicted octanol–water partition coefficient (Wildman–Crippen LogP) is 3.20. The van der Waals surface area contributed by atoms with Crippen LogP contribution in [-0.4, -0.2) is 31.6 Å². The second-order valence-corrected chi connectivity index (χ2v) is 4.14. The molecule has 3 nitrogen and oxygen atoms in total. The van der Waals surface area contributed by atoms with Gasteiger partial charge < -0.3 is 4.90 Å². The summed E-state index contributed by atoms with van der Waals surface area (Å²) >= 11 is 0. The first kappa shape index (κ1) is 17.0. The van der Waals surface area contributed by atoms with Crippen molar-refractivity contribution in [1.82, 2.24) is 0 Å². The summed E-state index contributed by atoms with van der Waals surface area (Å²) in [6.45, 7) is 0. The molecule has 0 saturated carbocycles. The molecule has 0 aliphatic carbocycles. The lowest BCUT2D eigenvalue weighted by molar-refractivity contribution is -0.264. The number of rotatable bonds is 4. The molecule has 0 heterocycles. The molecular formula is C12H9F6NO2. The molecule has 0 aliphatic rings. The quantitative estimate of drug-likeness (QED) is 0.486. The molecule has 0 radical (unpaired) electrons. The number of nitrogens with zero attached hydrogens (tertiary/aromatic N) is 1. The molecule has 0 saturated heterocycles. The van der Waals surface area contributed by atoms with Gasteiger partial charge >= 0.3 is 12.4 Å². The van der Waals surface area contributed by atoms with Gasteiger partial charge in [0.2, 0.25) is 12.3 Å². The Morgan fingerprint density at radius 3 is 1.81 bits per heavy atom. The van der Waals surface area contributed by atoms with E-state index in [0.29, 0.717) is 6.41 Å². The van der Waals surface area contributed by atoms with Crippen LogP contribution in [0.3, 0.4) is 0 Å². The lowest BCUT2D eigenvalue weighted by Gasteiger charge is -2.22. The number of hydrogen-bond donors (Lipinski definition) is 0. The molecular weight excluding hydrogens is 304 g/mol. The van der Waals surface area contributed by atoms with E-state index in [-0.39, 0.29) is 5.69 Å². The zero-order valence-electron chi connectivity index (χ0n) is 10.5. The van der Waals surface area contributed by atoms with Gasteiger partial charge in [0.1, 0.15) is 0 Å². The van der Waals surface area contributed by atoms with Gasteiger partial charge in [0.05, 0.1) is 0 Å². The van der Waals surface area contributed by atoms with Crippen LogP contribution in [-0.2, 0) is 4.79 Å². The highest BCUT2D eigenvalue weighted by Gasteiger charge is 2.60. The molecule has 0 aliphatic heterocycles. The Kier molecular flexibility index (Phi) is 4.65. The van der Waals surface area contributed by atoms with Crippen molar-refractivity contribution in [3.63, 3.8) is 0 Å². The van der Waals surface area contributed by atoms with E-state index in [1.807, 2.05) is 0 Å². The highest BCUT2D eigenvalue weighted by atomic mass is 19.4. The van der Waals surface area contributed by atoms with E-state index >= 15 is 0 Å². The van der Waals surface area contributed by atoms with E-state index in [1.54, 1.807) is 0 Å². The van der Waals surface area contributed by atoms with E-state index < -0.39 is 29.6 Å². The third kappa shape index (κ3) is 3.96. The van der Waals surface area contributed by atoms with Crippen molar-refractivity contribution in [1.29, 1.82) is 0 Å². The number of benzene rings is 1. The second kappa shape index (κ2) is 5.74. The van der Waals surface area contributed by atoms with Crippen molar-refractivity contribution in [3.05, 3.63) is 29.8 Å². The number of Topliss-reactive ketones (excluding diaryl/α,β-unsaturated/α-hetero) is 1. The molecule has 116 valence electrons. The summed E-state index contributed by atoms with van der Waals surface area (Å²) in [5.74, 6) is -6.16. The molecule has 0 fully saturated rings. The number of carbonyl (C=O) groups is 2. The third-order valence-corrected chi connectivity index (χ3v) is 2.63. The minimum atomic E-state index is -5.73. The minimum Gasteiger partial charge on any atom is -0.318 e. The van der Waals surface area contributed by atoms with Gasteiger partial charge in [0.25, 0.3) is 0 Å². The van der Waals surface area contributed by atoms with Crippen LogP contribution >= 0.6 is 0 Å². The van der Waals surface area contributed by atoms with Crippen LogP contribution in [0.5, 0.6) is 0 Å². The molecule has 0 spiro atoms. The zero-order valence-corrected chi connectivity index (χ0v) is 10.5. The molecule has 0 N–H and O–H groups in total. The van der Waals surface area contributed by atoms with Crippen LogP contribution in [0, 0.1) is 5.92 Å². The van der Waals surface area contributed by atoms with E-state index in [0.717, 1.165) is 29.2 Å². The number of alkyl halides is 6. The molecule has 0 atom stereocenters. The number of amides is 1. The summed E-state index contributed by atoms with van der Waals surface area (Å²) in [5.41, 5.74) is -0.519. The van der Waals surface area contributed by atoms with Crippen molar-refractivity contribution in [3.8, 4) is 0 Å². The summed E-state index contributed by atoms with van der Waals surface area (Å²) < 4.78 is 74.5. The van der Waals surface area contributed by atoms with Crippen molar-refractivity contribution in [2.24, 2.45) is 5.92 Å². The maximum atomic E-state index is 12.4. The third-order valence-electron chi connectivity index (χ3n) is 2.63. The largest absolute Gasteiger partial charge is 0.407 e. The predicted molar refractivity (Wildman–Crippen MR) is 60.8 cm³/mol. The van der Waals surface area contributed by atoms with Gasteiger partial charge in [-0.2, -0.15) is 26.3 Å². The van der Waals surface area contributed by atoms with Gasteiger partial charge in [0, 0.05) is 18.3 Å². The average molecular weight is 313 g/mol. The Balaban J connectivity index is 3.14. The maximum absolute atomic E-state index is 12.4. The fraction of sp³-hybridized carbons (Fsp3) is 0.333. The van der Waals surface area contributed by atoms with Crippen LogP contribution in [0.2, 0.25) is 0 Å². The molecule has 1 aromatic carbocycles. The zero-order chi connectivity index (χ0) is 16.4. The normalized spacial score (nSPS) is 12.4.